The molecule has 106 valence electrons. The fourth-order valence-electron chi connectivity index (χ4n) is 2.16. The van der Waals surface area contributed by atoms with Crippen molar-refractivity contribution >= 4 is 23.2 Å². The molecule has 0 fully saturated rings. The molecule has 2 nitrogen and oxygen atoms in total. The lowest BCUT2D eigenvalue weighted by Gasteiger charge is -2.23. The van der Waals surface area contributed by atoms with Crippen LogP contribution < -0.4 is 5.73 Å². The van der Waals surface area contributed by atoms with Crippen LogP contribution in [-0.2, 0) is 0 Å². The highest BCUT2D eigenvalue weighted by Gasteiger charge is 2.25. The highest BCUT2D eigenvalue weighted by atomic mass is 35.5. The molecular formula is C15H14Cl2FNO. The van der Waals surface area contributed by atoms with E-state index >= 15 is 0 Å². The third-order valence-electron chi connectivity index (χ3n) is 3.21. The summed E-state index contributed by atoms with van der Waals surface area (Å²) in [5, 5.41) is 10.9. The van der Waals surface area contributed by atoms with Crippen LogP contribution >= 0.6 is 23.2 Å². The van der Waals surface area contributed by atoms with Crippen LogP contribution in [0.25, 0.3) is 0 Å². The average Bonchev–Trinajstić information content (AvgIpc) is 2.44. The normalized spacial score (nSPS) is 14.1. The van der Waals surface area contributed by atoms with E-state index in [0.29, 0.717) is 16.1 Å². The third kappa shape index (κ3) is 3.13. The van der Waals surface area contributed by atoms with Crippen molar-refractivity contribution in [2.24, 2.45) is 5.73 Å². The van der Waals surface area contributed by atoms with E-state index in [4.69, 9.17) is 28.9 Å². The molecule has 0 saturated heterocycles. The van der Waals surface area contributed by atoms with Gasteiger partial charge in [-0.3, -0.25) is 0 Å². The van der Waals surface area contributed by atoms with Crippen molar-refractivity contribution in [2.75, 3.05) is 6.54 Å². The summed E-state index contributed by atoms with van der Waals surface area (Å²) in [4.78, 5) is 0. The molecule has 2 aromatic rings. The van der Waals surface area contributed by atoms with Crippen molar-refractivity contribution in [3.8, 4) is 0 Å². The number of nitrogens with two attached hydrogens (primary N) is 1. The molecular weight excluding hydrogens is 300 g/mol. The van der Waals surface area contributed by atoms with Gasteiger partial charge in [-0.05, 0) is 29.3 Å². The van der Waals surface area contributed by atoms with Gasteiger partial charge >= 0.3 is 0 Å². The van der Waals surface area contributed by atoms with Crippen molar-refractivity contribution < 1.29 is 9.50 Å². The number of rotatable bonds is 4. The van der Waals surface area contributed by atoms with Crippen molar-refractivity contribution in [3.63, 3.8) is 0 Å². The predicted molar refractivity (Wildman–Crippen MR) is 79.6 cm³/mol. The largest absolute Gasteiger partial charge is 0.388 e. The Morgan fingerprint density at radius 2 is 1.85 bits per heavy atom. The first-order valence-corrected chi connectivity index (χ1v) is 6.87. The quantitative estimate of drug-likeness (QED) is 0.899. The maximum atomic E-state index is 14.1. The Morgan fingerprint density at radius 3 is 2.50 bits per heavy atom. The van der Waals surface area contributed by atoms with Gasteiger partial charge in [0.05, 0.1) is 11.1 Å². The molecule has 0 aliphatic rings. The molecule has 5 heteroatoms. The second-order valence-corrected chi connectivity index (χ2v) is 5.33. The molecule has 0 aliphatic heterocycles. The van der Waals surface area contributed by atoms with Crippen LogP contribution in [0, 0.1) is 5.82 Å². The monoisotopic (exact) mass is 313 g/mol. The summed E-state index contributed by atoms with van der Waals surface area (Å²) >= 11 is 11.7. The molecule has 0 aromatic heterocycles. The maximum Gasteiger partial charge on any atom is 0.145 e. The van der Waals surface area contributed by atoms with Gasteiger partial charge in [-0.2, -0.15) is 0 Å². The lowest BCUT2D eigenvalue weighted by Crippen LogP contribution is -2.21. The minimum absolute atomic E-state index is 0.0132. The SMILES string of the molecule is NCC(c1cccc(Cl)c1F)C(O)c1cccc(Cl)c1. The zero-order valence-corrected chi connectivity index (χ0v) is 12.1. The molecule has 2 rings (SSSR count). The lowest BCUT2D eigenvalue weighted by atomic mass is 9.89. The van der Waals surface area contributed by atoms with Gasteiger partial charge in [-0.25, -0.2) is 4.39 Å². The second-order valence-electron chi connectivity index (χ2n) is 4.49. The molecule has 3 N–H and O–H groups in total. The zero-order chi connectivity index (χ0) is 14.7. The van der Waals surface area contributed by atoms with Gasteiger partial charge in [0.1, 0.15) is 5.82 Å². The first kappa shape index (κ1) is 15.3. The predicted octanol–water partition coefficient (Wildman–Crippen LogP) is 3.91. The second kappa shape index (κ2) is 6.55. The van der Waals surface area contributed by atoms with Crippen LogP contribution in [0.3, 0.4) is 0 Å². The summed E-state index contributed by atoms with van der Waals surface area (Å²) < 4.78 is 14.1. The Bertz CT molecular complexity index is 606. The average molecular weight is 314 g/mol. The van der Waals surface area contributed by atoms with Gasteiger partial charge in [0.15, 0.2) is 0 Å². The summed E-state index contributed by atoms with van der Waals surface area (Å²) in [7, 11) is 0. The summed E-state index contributed by atoms with van der Waals surface area (Å²) in [5.41, 5.74) is 6.59. The van der Waals surface area contributed by atoms with Crippen LogP contribution in [0.2, 0.25) is 10.0 Å². The summed E-state index contributed by atoms with van der Waals surface area (Å²) in [6.45, 7) is 0.0882. The molecule has 0 bridgehead atoms. The number of aliphatic hydroxyl groups excluding tert-OH is 1. The first-order valence-electron chi connectivity index (χ1n) is 6.12. The van der Waals surface area contributed by atoms with Gasteiger partial charge in [0.2, 0.25) is 0 Å². The highest BCUT2D eigenvalue weighted by molar-refractivity contribution is 6.31. The van der Waals surface area contributed by atoms with E-state index in [1.165, 1.54) is 6.07 Å². The number of hydrogen-bond donors (Lipinski definition) is 2. The van der Waals surface area contributed by atoms with Crippen molar-refractivity contribution in [1.29, 1.82) is 0 Å². The van der Waals surface area contributed by atoms with Gasteiger partial charge in [0.25, 0.3) is 0 Å². The van der Waals surface area contributed by atoms with Crippen LogP contribution in [0.5, 0.6) is 0 Å². The highest BCUT2D eigenvalue weighted by Crippen LogP contribution is 2.34. The number of halogens is 3. The third-order valence-corrected chi connectivity index (χ3v) is 3.73. The molecule has 2 aromatic carbocycles. The molecule has 2 atom stereocenters. The molecule has 0 spiro atoms. The Balaban J connectivity index is 2.39. The molecule has 0 aliphatic carbocycles. The minimum Gasteiger partial charge on any atom is -0.388 e. The van der Waals surface area contributed by atoms with Crippen LogP contribution in [0.1, 0.15) is 23.1 Å². The smallest absolute Gasteiger partial charge is 0.145 e. The van der Waals surface area contributed by atoms with E-state index in [-0.39, 0.29) is 11.6 Å². The van der Waals surface area contributed by atoms with E-state index < -0.39 is 17.8 Å². The number of aliphatic hydroxyl groups is 1. The van der Waals surface area contributed by atoms with Crippen molar-refractivity contribution in [3.05, 3.63) is 69.5 Å². The minimum atomic E-state index is -0.952. The summed E-state index contributed by atoms with van der Waals surface area (Å²) in [5.74, 6) is -1.14. The Labute approximate surface area is 126 Å². The Kier molecular flexibility index (Phi) is 5.00. The van der Waals surface area contributed by atoms with Crippen molar-refractivity contribution in [2.45, 2.75) is 12.0 Å². The fraction of sp³-hybridized carbons (Fsp3) is 0.200. The summed E-state index contributed by atoms with van der Waals surface area (Å²) in [6, 6.07) is 11.5. The number of hydrogen-bond acceptors (Lipinski definition) is 2. The molecule has 0 radical (unpaired) electrons. The van der Waals surface area contributed by atoms with Gasteiger partial charge in [-0.15, -0.1) is 0 Å². The van der Waals surface area contributed by atoms with E-state index in [1.807, 2.05) is 0 Å². The Morgan fingerprint density at radius 1 is 1.15 bits per heavy atom. The van der Waals surface area contributed by atoms with Crippen molar-refractivity contribution in [1.82, 2.24) is 0 Å². The molecule has 0 amide bonds. The fourth-order valence-corrected chi connectivity index (χ4v) is 2.54. The standard InChI is InChI=1S/C15H14Cl2FNO/c16-10-4-1-3-9(7-10)15(20)12(8-19)11-5-2-6-13(17)14(11)18/h1-7,12,15,20H,8,19H2. The van der Waals surface area contributed by atoms with E-state index in [1.54, 1.807) is 36.4 Å². The zero-order valence-electron chi connectivity index (χ0n) is 10.6. The summed E-state index contributed by atoms with van der Waals surface area (Å²) in [6.07, 6.45) is -0.952. The molecule has 0 heterocycles. The van der Waals surface area contributed by atoms with E-state index in [9.17, 15) is 9.50 Å². The topological polar surface area (TPSA) is 46.2 Å². The van der Waals surface area contributed by atoms with Crippen LogP contribution in [0.4, 0.5) is 4.39 Å². The van der Waals surface area contributed by atoms with Crippen LogP contribution in [-0.4, -0.2) is 11.7 Å². The van der Waals surface area contributed by atoms with Gasteiger partial charge in [0, 0.05) is 17.5 Å². The Hall–Kier alpha value is -1.13. The molecule has 0 saturated carbocycles. The van der Waals surface area contributed by atoms with Gasteiger partial charge < -0.3 is 10.8 Å². The number of benzene rings is 2. The van der Waals surface area contributed by atoms with Crippen LogP contribution in [0.15, 0.2) is 42.5 Å². The van der Waals surface area contributed by atoms with E-state index in [2.05, 4.69) is 0 Å². The van der Waals surface area contributed by atoms with Gasteiger partial charge in [-0.1, -0.05) is 47.5 Å². The maximum absolute atomic E-state index is 14.1. The molecule has 2 unspecified atom stereocenters. The van der Waals surface area contributed by atoms with E-state index in [0.717, 1.165) is 0 Å². The molecule has 20 heavy (non-hydrogen) atoms. The first-order chi connectivity index (χ1) is 9.54. The lowest BCUT2D eigenvalue weighted by molar-refractivity contribution is 0.145.